The van der Waals surface area contributed by atoms with Gasteiger partial charge in [-0.15, -0.1) is 0 Å². The van der Waals surface area contributed by atoms with Crippen LogP contribution in [-0.2, 0) is 10.0 Å². The summed E-state index contributed by atoms with van der Waals surface area (Å²) in [4.78, 5) is 0.280. The molecule has 6 heteroatoms. The van der Waals surface area contributed by atoms with E-state index in [2.05, 4.69) is 11.4 Å². The van der Waals surface area contributed by atoms with Crippen LogP contribution in [0.4, 0.5) is 0 Å². The maximum atomic E-state index is 12.8. The quantitative estimate of drug-likeness (QED) is 0.917. The number of benzene rings is 1. The first kappa shape index (κ1) is 16.0. The number of piperidine rings is 1. The minimum Gasteiger partial charge on any atom is -0.318 e. The van der Waals surface area contributed by atoms with Crippen molar-refractivity contribution in [2.45, 2.75) is 37.1 Å². The third-order valence-electron chi connectivity index (χ3n) is 3.94. The van der Waals surface area contributed by atoms with Gasteiger partial charge >= 0.3 is 0 Å². The number of nitriles is 1. The second kappa shape index (κ2) is 6.56. The Morgan fingerprint density at radius 1 is 1.43 bits per heavy atom. The summed E-state index contributed by atoms with van der Waals surface area (Å²) in [5.41, 5.74) is 1.21. The Morgan fingerprint density at radius 3 is 2.81 bits per heavy atom. The van der Waals surface area contributed by atoms with Gasteiger partial charge < -0.3 is 5.32 Å². The SMILES string of the molecule is CNCC1CCCCN1S(=O)(=O)c1ccc(C#N)c(C)c1. The highest BCUT2D eigenvalue weighted by Gasteiger charge is 2.33. The lowest BCUT2D eigenvalue weighted by Gasteiger charge is -2.34. The zero-order chi connectivity index (χ0) is 15.5. The number of hydrogen-bond acceptors (Lipinski definition) is 4. The Hall–Kier alpha value is -1.42. The molecular formula is C15H21N3O2S. The smallest absolute Gasteiger partial charge is 0.243 e. The van der Waals surface area contributed by atoms with Crippen LogP contribution in [-0.4, -0.2) is 38.9 Å². The highest BCUT2D eigenvalue weighted by Crippen LogP contribution is 2.26. The highest BCUT2D eigenvalue weighted by atomic mass is 32.2. The molecule has 21 heavy (non-hydrogen) atoms. The van der Waals surface area contributed by atoms with E-state index in [0.29, 0.717) is 24.2 Å². The molecule has 0 saturated carbocycles. The van der Waals surface area contributed by atoms with Gasteiger partial charge in [0.1, 0.15) is 0 Å². The van der Waals surface area contributed by atoms with Crippen molar-refractivity contribution >= 4 is 10.0 Å². The summed E-state index contributed by atoms with van der Waals surface area (Å²) in [5, 5.41) is 12.0. The van der Waals surface area contributed by atoms with E-state index in [1.165, 1.54) is 6.07 Å². The van der Waals surface area contributed by atoms with Crippen molar-refractivity contribution in [2.24, 2.45) is 0 Å². The first-order valence-electron chi connectivity index (χ1n) is 7.18. The maximum absolute atomic E-state index is 12.8. The van der Waals surface area contributed by atoms with Crippen LogP contribution in [0.5, 0.6) is 0 Å². The molecule has 1 N–H and O–H groups in total. The summed E-state index contributed by atoms with van der Waals surface area (Å²) >= 11 is 0. The number of rotatable bonds is 4. The summed E-state index contributed by atoms with van der Waals surface area (Å²) in [6.07, 6.45) is 2.84. The van der Waals surface area contributed by atoms with Gasteiger partial charge in [0.2, 0.25) is 10.0 Å². The van der Waals surface area contributed by atoms with E-state index in [4.69, 9.17) is 5.26 Å². The van der Waals surface area contributed by atoms with Crippen molar-refractivity contribution in [1.29, 1.82) is 5.26 Å². The number of aryl methyl sites for hydroxylation is 1. The molecule has 114 valence electrons. The summed E-state index contributed by atoms with van der Waals surface area (Å²) < 4.78 is 27.3. The fraction of sp³-hybridized carbons (Fsp3) is 0.533. The van der Waals surface area contributed by atoms with Gasteiger partial charge in [-0.05, 0) is 50.6 Å². The third kappa shape index (κ3) is 3.26. The molecule has 1 aliphatic rings. The van der Waals surface area contributed by atoms with Crippen molar-refractivity contribution in [1.82, 2.24) is 9.62 Å². The lowest BCUT2D eigenvalue weighted by molar-refractivity contribution is 0.249. The predicted molar refractivity (Wildman–Crippen MR) is 81.4 cm³/mol. The topological polar surface area (TPSA) is 73.2 Å². The van der Waals surface area contributed by atoms with Gasteiger partial charge in [0.15, 0.2) is 0 Å². The first-order chi connectivity index (χ1) is 10.0. The second-order valence-electron chi connectivity index (χ2n) is 5.41. The average molecular weight is 307 g/mol. The van der Waals surface area contributed by atoms with E-state index in [1.54, 1.807) is 23.4 Å². The van der Waals surface area contributed by atoms with Crippen molar-refractivity contribution in [2.75, 3.05) is 20.1 Å². The molecule has 1 saturated heterocycles. The Bertz CT molecular complexity index is 647. The van der Waals surface area contributed by atoms with E-state index in [0.717, 1.165) is 19.3 Å². The summed E-state index contributed by atoms with van der Waals surface area (Å²) in [7, 11) is -1.66. The Balaban J connectivity index is 2.36. The second-order valence-corrected chi connectivity index (χ2v) is 7.30. The van der Waals surface area contributed by atoms with Crippen molar-refractivity contribution in [3.05, 3.63) is 29.3 Å². The lowest BCUT2D eigenvalue weighted by atomic mass is 10.1. The number of nitrogens with one attached hydrogen (secondary N) is 1. The molecule has 0 spiro atoms. The van der Waals surface area contributed by atoms with Crippen molar-refractivity contribution in [3.8, 4) is 6.07 Å². The van der Waals surface area contributed by atoms with Crippen LogP contribution in [0.1, 0.15) is 30.4 Å². The van der Waals surface area contributed by atoms with Crippen LogP contribution in [0.2, 0.25) is 0 Å². The zero-order valence-electron chi connectivity index (χ0n) is 12.5. The highest BCUT2D eigenvalue weighted by molar-refractivity contribution is 7.89. The zero-order valence-corrected chi connectivity index (χ0v) is 13.3. The van der Waals surface area contributed by atoms with Gasteiger partial charge in [-0.1, -0.05) is 6.42 Å². The molecule has 0 amide bonds. The molecule has 2 rings (SSSR count). The number of nitrogens with zero attached hydrogens (tertiary/aromatic N) is 2. The first-order valence-corrected chi connectivity index (χ1v) is 8.62. The molecule has 1 aromatic rings. The molecule has 0 radical (unpaired) electrons. The van der Waals surface area contributed by atoms with Gasteiger partial charge in [-0.3, -0.25) is 0 Å². The number of likely N-dealkylation sites (N-methyl/N-ethyl adjacent to an activating group) is 1. The normalized spacial score (nSPS) is 20.1. The third-order valence-corrected chi connectivity index (χ3v) is 5.89. The van der Waals surface area contributed by atoms with Gasteiger partial charge in [-0.2, -0.15) is 9.57 Å². The van der Waals surface area contributed by atoms with Gasteiger partial charge in [0.05, 0.1) is 16.5 Å². The Morgan fingerprint density at radius 2 is 2.19 bits per heavy atom. The minimum absolute atomic E-state index is 0.00435. The van der Waals surface area contributed by atoms with E-state index in [-0.39, 0.29) is 10.9 Å². The fourth-order valence-corrected chi connectivity index (χ4v) is 4.57. The van der Waals surface area contributed by atoms with Crippen LogP contribution < -0.4 is 5.32 Å². The van der Waals surface area contributed by atoms with Crippen LogP contribution in [0, 0.1) is 18.3 Å². The standard InChI is InChI=1S/C15H21N3O2S/c1-12-9-15(7-6-13(12)10-16)21(19,20)18-8-4-3-5-14(18)11-17-2/h6-7,9,14,17H,3-5,8,11H2,1-2H3. The van der Waals surface area contributed by atoms with E-state index in [1.807, 2.05) is 7.05 Å². The van der Waals surface area contributed by atoms with E-state index >= 15 is 0 Å². The molecular weight excluding hydrogens is 286 g/mol. The number of hydrogen-bond donors (Lipinski definition) is 1. The van der Waals surface area contributed by atoms with Gasteiger partial charge in [-0.25, -0.2) is 8.42 Å². The molecule has 1 atom stereocenters. The van der Waals surface area contributed by atoms with E-state index < -0.39 is 10.0 Å². The largest absolute Gasteiger partial charge is 0.318 e. The predicted octanol–water partition coefficient (Wildman–Crippen LogP) is 1.63. The Labute approximate surface area is 126 Å². The van der Waals surface area contributed by atoms with Crippen LogP contribution >= 0.6 is 0 Å². The van der Waals surface area contributed by atoms with Crippen LogP contribution in [0.25, 0.3) is 0 Å². The molecule has 0 aromatic heterocycles. The minimum atomic E-state index is -3.50. The maximum Gasteiger partial charge on any atom is 0.243 e. The van der Waals surface area contributed by atoms with Crippen LogP contribution in [0.3, 0.4) is 0 Å². The molecule has 1 aliphatic heterocycles. The van der Waals surface area contributed by atoms with Crippen molar-refractivity contribution < 1.29 is 8.42 Å². The molecule has 5 nitrogen and oxygen atoms in total. The summed E-state index contributed by atoms with van der Waals surface area (Å²) in [6, 6.07) is 6.78. The molecule has 0 aliphatic carbocycles. The summed E-state index contributed by atoms with van der Waals surface area (Å²) in [6.45, 7) is 2.99. The van der Waals surface area contributed by atoms with Gasteiger partial charge in [0, 0.05) is 19.1 Å². The fourth-order valence-electron chi connectivity index (χ4n) is 2.79. The molecule has 0 bridgehead atoms. The molecule has 1 unspecified atom stereocenters. The molecule has 1 fully saturated rings. The molecule has 1 aromatic carbocycles. The number of sulfonamides is 1. The van der Waals surface area contributed by atoms with Gasteiger partial charge in [0.25, 0.3) is 0 Å². The summed E-state index contributed by atoms with van der Waals surface area (Å²) in [5.74, 6) is 0. The average Bonchev–Trinajstić information content (AvgIpc) is 2.48. The Kier molecular flexibility index (Phi) is 4.99. The molecule has 1 heterocycles. The van der Waals surface area contributed by atoms with Crippen LogP contribution in [0.15, 0.2) is 23.1 Å². The monoisotopic (exact) mass is 307 g/mol. The lowest BCUT2D eigenvalue weighted by Crippen LogP contribution is -2.47. The van der Waals surface area contributed by atoms with E-state index in [9.17, 15) is 8.42 Å². The van der Waals surface area contributed by atoms with Crippen molar-refractivity contribution in [3.63, 3.8) is 0 Å².